The van der Waals surface area contributed by atoms with Crippen molar-refractivity contribution in [3.05, 3.63) is 29.8 Å². The molecule has 0 aliphatic carbocycles. The van der Waals surface area contributed by atoms with Crippen LogP contribution in [0.5, 0.6) is 5.75 Å². The molecule has 1 unspecified atom stereocenters. The summed E-state index contributed by atoms with van der Waals surface area (Å²) < 4.78 is 44.7. The number of amides is 1. The highest BCUT2D eigenvalue weighted by molar-refractivity contribution is 6.01. The maximum atomic E-state index is 12.5. The molecule has 0 bridgehead atoms. The fourth-order valence-electron chi connectivity index (χ4n) is 3.18. The van der Waals surface area contributed by atoms with Crippen molar-refractivity contribution in [3.63, 3.8) is 0 Å². The molecule has 1 aromatic rings. The largest absolute Gasteiger partial charge is 0.491 e. The fourth-order valence-corrected chi connectivity index (χ4v) is 3.18. The normalized spacial score (nSPS) is 15.5. The molecule has 1 fully saturated rings. The van der Waals surface area contributed by atoms with Gasteiger partial charge in [0.1, 0.15) is 5.75 Å². The number of carbonyl (C=O) groups excluding carboxylic acids is 4. The van der Waals surface area contributed by atoms with Gasteiger partial charge in [0, 0.05) is 12.0 Å². The molecule has 0 radical (unpaired) electrons. The molecule has 1 aliphatic rings. The van der Waals surface area contributed by atoms with Crippen molar-refractivity contribution in [2.24, 2.45) is 5.92 Å². The number of Topliss-reactive ketones (excluding diaryl/α,β-unsaturated/α-hetero) is 1. The highest BCUT2D eigenvalue weighted by Gasteiger charge is 2.42. The Balaban J connectivity index is 1.77. The first-order chi connectivity index (χ1) is 15.1. The lowest BCUT2D eigenvalue weighted by Gasteiger charge is -2.22. The molecule has 0 aromatic heterocycles. The van der Waals surface area contributed by atoms with Crippen LogP contribution in [0.15, 0.2) is 24.3 Å². The third-order valence-corrected chi connectivity index (χ3v) is 4.94. The van der Waals surface area contributed by atoms with E-state index in [1.165, 1.54) is 24.3 Å². The highest BCUT2D eigenvalue weighted by atomic mass is 19.4. The van der Waals surface area contributed by atoms with Crippen LogP contribution in [0.3, 0.4) is 0 Å². The average Bonchev–Trinajstić information content (AvgIpc) is 2.76. The standard InChI is InChI=1S/C21H25F3N2O6/c1-13(26-17(27)7-2-14-8-10-25-11-9-14)19(29)15-3-5-16(6-4-15)31-12-18(28)32-20(30)21(22,23)24/h3-6,13-14,25H,2,7-12H2,1H3,(H,26,27). The van der Waals surface area contributed by atoms with Gasteiger partial charge in [0.05, 0.1) is 6.04 Å². The molecule has 1 saturated heterocycles. The molecule has 1 heterocycles. The van der Waals surface area contributed by atoms with Gasteiger partial charge in [-0.3, -0.25) is 9.59 Å². The number of rotatable bonds is 9. The van der Waals surface area contributed by atoms with Crippen molar-refractivity contribution < 1.29 is 41.8 Å². The van der Waals surface area contributed by atoms with Gasteiger partial charge < -0.3 is 20.1 Å². The van der Waals surface area contributed by atoms with E-state index in [0.717, 1.165) is 32.4 Å². The molecule has 1 aliphatic heterocycles. The number of carbonyl (C=O) groups is 4. The van der Waals surface area contributed by atoms with Crippen LogP contribution in [0.2, 0.25) is 0 Å². The van der Waals surface area contributed by atoms with E-state index in [0.29, 0.717) is 12.3 Å². The molecule has 2 rings (SSSR count). The zero-order valence-electron chi connectivity index (χ0n) is 17.5. The summed E-state index contributed by atoms with van der Waals surface area (Å²) in [5, 5.41) is 5.95. The van der Waals surface area contributed by atoms with Crippen LogP contribution in [0.1, 0.15) is 43.0 Å². The second kappa shape index (κ2) is 11.6. The third-order valence-electron chi connectivity index (χ3n) is 4.94. The first-order valence-electron chi connectivity index (χ1n) is 10.1. The second-order valence-corrected chi connectivity index (χ2v) is 7.46. The van der Waals surface area contributed by atoms with E-state index >= 15 is 0 Å². The SMILES string of the molecule is CC(NC(=O)CCC1CCNCC1)C(=O)c1ccc(OCC(=O)OC(=O)C(F)(F)F)cc1. The second-order valence-electron chi connectivity index (χ2n) is 7.46. The van der Waals surface area contributed by atoms with E-state index in [4.69, 9.17) is 4.74 Å². The van der Waals surface area contributed by atoms with Crippen molar-refractivity contribution in [1.29, 1.82) is 0 Å². The number of hydrogen-bond donors (Lipinski definition) is 2. The van der Waals surface area contributed by atoms with Gasteiger partial charge in [-0.2, -0.15) is 13.2 Å². The molecule has 8 nitrogen and oxygen atoms in total. The lowest BCUT2D eigenvalue weighted by atomic mass is 9.93. The van der Waals surface area contributed by atoms with Crippen molar-refractivity contribution in [2.75, 3.05) is 19.7 Å². The van der Waals surface area contributed by atoms with E-state index in [9.17, 15) is 32.3 Å². The number of alkyl halides is 3. The predicted molar refractivity (Wildman–Crippen MR) is 106 cm³/mol. The van der Waals surface area contributed by atoms with Gasteiger partial charge in [0.2, 0.25) is 5.91 Å². The number of nitrogens with one attached hydrogen (secondary N) is 2. The minimum atomic E-state index is -5.28. The summed E-state index contributed by atoms with van der Waals surface area (Å²) in [4.78, 5) is 46.4. The molecular formula is C21H25F3N2O6. The number of benzene rings is 1. The van der Waals surface area contributed by atoms with Crippen LogP contribution in [0, 0.1) is 5.92 Å². The maximum Gasteiger partial charge on any atom is 0.491 e. The zero-order valence-corrected chi connectivity index (χ0v) is 17.5. The third kappa shape index (κ3) is 8.29. The lowest BCUT2D eigenvalue weighted by molar-refractivity contribution is -0.202. The first kappa shape index (κ1) is 25.3. The summed E-state index contributed by atoms with van der Waals surface area (Å²) in [5.41, 5.74) is 0.276. The zero-order chi connectivity index (χ0) is 23.7. The van der Waals surface area contributed by atoms with Gasteiger partial charge in [-0.15, -0.1) is 0 Å². The minimum Gasteiger partial charge on any atom is -0.482 e. The molecule has 1 atom stereocenters. The molecule has 1 aromatic carbocycles. The Morgan fingerprint density at radius 1 is 1.12 bits per heavy atom. The average molecular weight is 458 g/mol. The van der Waals surface area contributed by atoms with Crippen LogP contribution in [-0.2, 0) is 19.1 Å². The Morgan fingerprint density at radius 3 is 2.34 bits per heavy atom. The van der Waals surface area contributed by atoms with Crippen molar-refractivity contribution in [1.82, 2.24) is 10.6 Å². The molecule has 11 heteroatoms. The fraction of sp³-hybridized carbons (Fsp3) is 0.524. The van der Waals surface area contributed by atoms with Gasteiger partial charge in [0.25, 0.3) is 0 Å². The van der Waals surface area contributed by atoms with Gasteiger partial charge in [-0.25, -0.2) is 9.59 Å². The Morgan fingerprint density at radius 2 is 1.75 bits per heavy atom. The van der Waals surface area contributed by atoms with Crippen LogP contribution < -0.4 is 15.4 Å². The van der Waals surface area contributed by atoms with E-state index in [2.05, 4.69) is 15.4 Å². The number of hydrogen-bond acceptors (Lipinski definition) is 7. The molecular weight excluding hydrogens is 433 g/mol. The summed E-state index contributed by atoms with van der Waals surface area (Å²) in [5.74, 6) is -4.08. The number of halogens is 3. The van der Waals surface area contributed by atoms with Crippen LogP contribution >= 0.6 is 0 Å². The van der Waals surface area contributed by atoms with Crippen molar-refractivity contribution in [3.8, 4) is 5.75 Å². The summed E-state index contributed by atoms with van der Waals surface area (Å²) in [6.07, 6.45) is -2.09. The monoisotopic (exact) mass is 458 g/mol. The summed E-state index contributed by atoms with van der Waals surface area (Å²) in [7, 11) is 0. The molecule has 176 valence electrons. The number of esters is 2. The Labute approximate surface area is 182 Å². The quantitative estimate of drug-likeness (QED) is 0.331. The number of ether oxygens (including phenoxy) is 2. The molecule has 32 heavy (non-hydrogen) atoms. The van der Waals surface area contributed by atoms with Gasteiger partial charge >= 0.3 is 18.1 Å². The van der Waals surface area contributed by atoms with E-state index in [-0.39, 0.29) is 23.0 Å². The predicted octanol–water partition coefficient (Wildman–Crippen LogP) is 2.16. The molecule has 2 N–H and O–H groups in total. The molecule has 0 saturated carbocycles. The maximum absolute atomic E-state index is 12.5. The molecule has 0 spiro atoms. The summed E-state index contributed by atoms with van der Waals surface area (Å²) in [6, 6.07) is 4.70. The van der Waals surface area contributed by atoms with Gasteiger partial charge in [0.15, 0.2) is 12.4 Å². The van der Waals surface area contributed by atoms with Crippen molar-refractivity contribution in [2.45, 2.75) is 44.8 Å². The Bertz CT molecular complexity index is 820. The topological polar surface area (TPSA) is 111 Å². The molecule has 1 amide bonds. The van der Waals surface area contributed by atoms with Gasteiger partial charge in [-0.1, -0.05) is 0 Å². The van der Waals surface area contributed by atoms with Crippen molar-refractivity contribution >= 4 is 23.6 Å². The van der Waals surface area contributed by atoms with Gasteiger partial charge in [-0.05, 0) is 69.5 Å². The Hall–Kier alpha value is -2.95. The van der Waals surface area contributed by atoms with E-state index in [1.54, 1.807) is 6.92 Å². The lowest BCUT2D eigenvalue weighted by Crippen LogP contribution is -2.38. The van der Waals surface area contributed by atoms with Crippen LogP contribution in [-0.4, -0.2) is 55.5 Å². The first-order valence-corrected chi connectivity index (χ1v) is 10.1. The minimum absolute atomic E-state index is 0.0802. The smallest absolute Gasteiger partial charge is 0.482 e. The Kier molecular flexibility index (Phi) is 9.18. The van der Waals surface area contributed by atoms with E-state index in [1.807, 2.05) is 0 Å². The van der Waals surface area contributed by atoms with E-state index < -0.39 is 30.8 Å². The summed E-state index contributed by atoms with van der Waals surface area (Å²) in [6.45, 7) is 2.56. The summed E-state index contributed by atoms with van der Waals surface area (Å²) >= 11 is 0. The highest BCUT2D eigenvalue weighted by Crippen LogP contribution is 2.19. The van der Waals surface area contributed by atoms with Crippen LogP contribution in [0.25, 0.3) is 0 Å². The van der Waals surface area contributed by atoms with Crippen LogP contribution in [0.4, 0.5) is 13.2 Å². The number of ketones is 1. The number of piperidine rings is 1.